The summed E-state index contributed by atoms with van der Waals surface area (Å²) < 4.78 is 2.76. The average molecular weight is 363 g/mol. The number of rotatable bonds is 4. The second kappa shape index (κ2) is 6.62. The van der Waals surface area contributed by atoms with Gasteiger partial charge >= 0.3 is 0 Å². The fourth-order valence-corrected chi connectivity index (χ4v) is 3.09. The SMILES string of the molecule is CNCC1CCN(C(=O)c2cnn(-c3ccc(Br)cc3)c2)C1. The van der Waals surface area contributed by atoms with Gasteiger partial charge in [-0.3, -0.25) is 4.79 Å². The second-order valence-corrected chi connectivity index (χ2v) is 6.53. The molecule has 1 N–H and O–H groups in total. The van der Waals surface area contributed by atoms with Crippen LogP contribution in [0.5, 0.6) is 0 Å². The smallest absolute Gasteiger partial charge is 0.257 e. The summed E-state index contributed by atoms with van der Waals surface area (Å²) in [6.45, 7) is 2.61. The lowest BCUT2D eigenvalue weighted by Crippen LogP contribution is -2.30. The predicted molar refractivity (Wildman–Crippen MR) is 89.2 cm³/mol. The molecule has 1 aromatic carbocycles. The van der Waals surface area contributed by atoms with Crippen LogP contribution in [0.15, 0.2) is 41.1 Å². The van der Waals surface area contributed by atoms with Crippen LogP contribution in [0.4, 0.5) is 0 Å². The van der Waals surface area contributed by atoms with Gasteiger partial charge in [0, 0.05) is 23.8 Å². The van der Waals surface area contributed by atoms with Gasteiger partial charge in [-0.15, -0.1) is 0 Å². The van der Waals surface area contributed by atoms with Crippen LogP contribution in [0.3, 0.4) is 0 Å². The van der Waals surface area contributed by atoms with Gasteiger partial charge in [0.25, 0.3) is 5.91 Å². The molecule has 0 saturated carbocycles. The number of hydrogen-bond acceptors (Lipinski definition) is 3. The first-order chi connectivity index (χ1) is 10.7. The van der Waals surface area contributed by atoms with E-state index >= 15 is 0 Å². The van der Waals surface area contributed by atoms with Crippen molar-refractivity contribution in [3.05, 3.63) is 46.7 Å². The Bertz CT molecular complexity index is 652. The highest BCUT2D eigenvalue weighted by Gasteiger charge is 2.27. The van der Waals surface area contributed by atoms with Crippen LogP contribution in [0.25, 0.3) is 5.69 Å². The number of carbonyl (C=O) groups is 1. The number of amides is 1. The Morgan fingerprint density at radius 1 is 1.41 bits per heavy atom. The highest BCUT2D eigenvalue weighted by Crippen LogP contribution is 2.19. The van der Waals surface area contributed by atoms with E-state index in [1.165, 1.54) is 0 Å². The molecule has 0 radical (unpaired) electrons. The van der Waals surface area contributed by atoms with Crippen LogP contribution < -0.4 is 5.32 Å². The van der Waals surface area contributed by atoms with Gasteiger partial charge < -0.3 is 10.2 Å². The molecule has 5 nitrogen and oxygen atoms in total. The Morgan fingerprint density at radius 2 is 2.18 bits per heavy atom. The van der Waals surface area contributed by atoms with Crippen LogP contribution in [-0.4, -0.2) is 47.3 Å². The number of nitrogens with one attached hydrogen (secondary N) is 1. The molecule has 1 atom stereocenters. The average Bonchev–Trinajstić information content (AvgIpc) is 3.17. The third kappa shape index (κ3) is 3.23. The van der Waals surface area contributed by atoms with Gasteiger partial charge in [0.15, 0.2) is 0 Å². The first-order valence-electron chi connectivity index (χ1n) is 7.42. The maximum atomic E-state index is 12.5. The van der Waals surface area contributed by atoms with E-state index in [0.29, 0.717) is 11.5 Å². The van der Waals surface area contributed by atoms with Crippen LogP contribution in [-0.2, 0) is 0 Å². The van der Waals surface area contributed by atoms with E-state index < -0.39 is 0 Å². The summed E-state index contributed by atoms with van der Waals surface area (Å²) in [4.78, 5) is 14.5. The van der Waals surface area contributed by atoms with Gasteiger partial charge in [-0.1, -0.05) is 15.9 Å². The number of halogens is 1. The molecule has 1 aliphatic rings. The molecule has 1 aromatic heterocycles. The summed E-state index contributed by atoms with van der Waals surface area (Å²) in [5.74, 6) is 0.623. The molecule has 3 rings (SSSR count). The number of carbonyl (C=O) groups excluding carboxylic acids is 1. The van der Waals surface area contributed by atoms with E-state index in [0.717, 1.165) is 36.2 Å². The van der Waals surface area contributed by atoms with E-state index in [2.05, 4.69) is 26.3 Å². The van der Waals surface area contributed by atoms with Crippen LogP contribution >= 0.6 is 15.9 Å². The van der Waals surface area contributed by atoms with Crippen LogP contribution in [0.2, 0.25) is 0 Å². The van der Waals surface area contributed by atoms with Crippen molar-refractivity contribution >= 4 is 21.8 Å². The molecule has 0 aliphatic carbocycles. The quantitative estimate of drug-likeness (QED) is 0.907. The van der Waals surface area contributed by atoms with Crippen molar-refractivity contribution in [3.8, 4) is 5.69 Å². The maximum Gasteiger partial charge on any atom is 0.257 e. The number of hydrogen-bond donors (Lipinski definition) is 1. The van der Waals surface area contributed by atoms with Crippen molar-refractivity contribution in [2.24, 2.45) is 5.92 Å². The predicted octanol–water partition coefficient (Wildman–Crippen LogP) is 2.32. The summed E-state index contributed by atoms with van der Waals surface area (Å²) >= 11 is 3.41. The topological polar surface area (TPSA) is 50.2 Å². The van der Waals surface area contributed by atoms with Gasteiger partial charge in [-0.25, -0.2) is 4.68 Å². The Morgan fingerprint density at radius 3 is 2.91 bits per heavy atom. The molecular weight excluding hydrogens is 344 g/mol. The fraction of sp³-hybridized carbons (Fsp3) is 0.375. The van der Waals surface area contributed by atoms with Crippen molar-refractivity contribution < 1.29 is 4.79 Å². The Balaban J connectivity index is 1.71. The molecule has 1 saturated heterocycles. The van der Waals surface area contributed by atoms with Gasteiger partial charge in [-0.05, 0) is 50.2 Å². The number of benzene rings is 1. The van der Waals surface area contributed by atoms with Crippen LogP contribution in [0.1, 0.15) is 16.8 Å². The Hall–Kier alpha value is -1.66. The lowest BCUT2D eigenvalue weighted by molar-refractivity contribution is 0.0787. The molecule has 2 heterocycles. The van der Waals surface area contributed by atoms with E-state index in [4.69, 9.17) is 0 Å². The van der Waals surface area contributed by atoms with Gasteiger partial charge in [0.2, 0.25) is 0 Å². The lowest BCUT2D eigenvalue weighted by atomic mass is 10.1. The summed E-state index contributed by atoms with van der Waals surface area (Å²) in [6, 6.07) is 7.84. The first kappa shape index (κ1) is 15.2. The standard InChI is InChI=1S/C16H19BrN4O/c1-18-8-12-6-7-20(10-12)16(22)13-9-19-21(11-13)15-4-2-14(17)3-5-15/h2-5,9,11-12,18H,6-8,10H2,1H3. The molecule has 22 heavy (non-hydrogen) atoms. The van der Waals surface area contributed by atoms with Gasteiger partial charge in [-0.2, -0.15) is 5.10 Å². The Kier molecular flexibility index (Phi) is 4.59. The minimum Gasteiger partial charge on any atom is -0.338 e. The number of nitrogens with zero attached hydrogens (tertiary/aromatic N) is 3. The first-order valence-corrected chi connectivity index (χ1v) is 8.21. The van der Waals surface area contributed by atoms with E-state index in [9.17, 15) is 4.79 Å². The van der Waals surface area contributed by atoms with Crippen molar-refractivity contribution in [2.45, 2.75) is 6.42 Å². The van der Waals surface area contributed by atoms with Crippen molar-refractivity contribution in [3.63, 3.8) is 0 Å². The maximum absolute atomic E-state index is 12.5. The van der Waals surface area contributed by atoms with Crippen LogP contribution in [0, 0.1) is 5.92 Å². The Labute approximate surface area is 138 Å². The normalized spacial score (nSPS) is 17.9. The van der Waals surface area contributed by atoms with Crippen molar-refractivity contribution in [1.29, 1.82) is 0 Å². The van der Waals surface area contributed by atoms with Gasteiger partial charge in [0.05, 0.1) is 17.4 Å². The minimum absolute atomic E-state index is 0.0713. The molecule has 0 spiro atoms. The molecule has 116 valence electrons. The third-order valence-corrected chi connectivity index (χ3v) is 4.52. The largest absolute Gasteiger partial charge is 0.338 e. The molecular formula is C16H19BrN4O. The van der Waals surface area contributed by atoms with E-state index in [1.807, 2.05) is 36.2 Å². The molecule has 1 aliphatic heterocycles. The molecule has 1 fully saturated rings. The molecule has 6 heteroatoms. The van der Waals surface area contributed by atoms with Gasteiger partial charge in [0.1, 0.15) is 0 Å². The number of likely N-dealkylation sites (tertiary alicyclic amines) is 1. The lowest BCUT2D eigenvalue weighted by Gasteiger charge is -2.15. The highest BCUT2D eigenvalue weighted by molar-refractivity contribution is 9.10. The van der Waals surface area contributed by atoms with E-state index in [-0.39, 0.29) is 5.91 Å². The molecule has 1 amide bonds. The summed E-state index contributed by atoms with van der Waals surface area (Å²) in [6.07, 6.45) is 4.51. The highest BCUT2D eigenvalue weighted by atomic mass is 79.9. The fourth-order valence-electron chi connectivity index (χ4n) is 2.82. The summed E-state index contributed by atoms with van der Waals surface area (Å²) in [5.41, 5.74) is 1.59. The summed E-state index contributed by atoms with van der Waals surface area (Å²) in [5, 5.41) is 7.49. The van der Waals surface area contributed by atoms with E-state index in [1.54, 1.807) is 17.1 Å². The molecule has 2 aromatic rings. The number of aromatic nitrogens is 2. The molecule has 1 unspecified atom stereocenters. The second-order valence-electron chi connectivity index (χ2n) is 5.61. The monoisotopic (exact) mass is 362 g/mol. The third-order valence-electron chi connectivity index (χ3n) is 3.99. The zero-order valence-corrected chi connectivity index (χ0v) is 14.1. The van der Waals surface area contributed by atoms with Crippen molar-refractivity contribution in [2.75, 3.05) is 26.7 Å². The molecule has 0 bridgehead atoms. The summed E-state index contributed by atoms with van der Waals surface area (Å²) in [7, 11) is 1.95. The minimum atomic E-state index is 0.0713. The zero-order valence-electron chi connectivity index (χ0n) is 12.5. The van der Waals surface area contributed by atoms with Crippen molar-refractivity contribution in [1.82, 2.24) is 20.0 Å². The zero-order chi connectivity index (χ0) is 15.5.